The fraction of sp³-hybridized carbons (Fsp3) is 0.481. The number of hydrogen-bond donors (Lipinski definition) is 7. The molecule has 1 unspecified atom stereocenters. The molecule has 0 fully saturated rings. The number of nitrogens with one attached hydrogen (secondary N) is 1. The summed E-state index contributed by atoms with van der Waals surface area (Å²) < 4.78 is 16.1. The molecule has 0 heterocycles. The molecule has 0 aliphatic heterocycles. The van der Waals surface area contributed by atoms with Crippen LogP contribution in [-0.2, 0) is 19.0 Å². The third kappa shape index (κ3) is 8.19. The summed E-state index contributed by atoms with van der Waals surface area (Å²) in [4.78, 5) is 22.8. The minimum Gasteiger partial charge on any atom is -0.479 e. The normalized spacial score (nSPS) is 16.4. The van der Waals surface area contributed by atoms with Crippen LogP contribution in [0.5, 0.6) is 0 Å². The van der Waals surface area contributed by atoms with Gasteiger partial charge in [-0.1, -0.05) is 48.5 Å². The standard InChI is InChI=1S/C27H35NO11/c29-21(22(30)23(31)24(32)25(33)26(34)35)9-11-37-13-14-38-12-10-28-27(36)39-15-20-18-7-3-1-5-16(18)17-6-2-4-8-19(17)20/h1-8,20-25,29-33H,9-15H2,(H,28,36)(H,34,35)/t21?,22-,23+,24+,25-/m0/s1. The number of aliphatic carboxylic acids is 1. The van der Waals surface area contributed by atoms with Crippen molar-refractivity contribution in [1.29, 1.82) is 0 Å². The smallest absolute Gasteiger partial charge is 0.407 e. The number of ether oxygens (including phenoxy) is 3. The van der Waals surface area contributed by atoms with Gasteiger partial charge in [0, 0.05) is 19.1 Å². The van der Waals surface area contributed by atoms with Crippen LogP contribution >= 0.6 is 0 Å². The van der Waals surface area contributed by atoms with Gasteiger partial charge in [0.2, 0.25) is 0 Å². The molecule has 12 nitrogen and oxygen atoms in total. The SMILES string of the molecule is O=C(NCCOCCOCCC(O)[C@H](O)[C@@H](O)[C@@H](O)[C@H](O)C(=O)O)OCC1c2ccccc2-c2ccccc21. The minimum absolute atomic E-state index is 0.0239. The van der Waals surface area contributed by atoms with Crippen LogP contribution in [0.15, 0.2) is 48.5 Å². The number of alkyl carbamates (subject to hydrolysis) is 1. The van der Waals surface area contributed by atoms with Crippen molar-refractivity contribution in [3.63, 3.8) is 0 Å². The highest BCUT2D eigenvalue weighted by molar-refractivity contribution is 5.79. The number of carbonyl (C=O) groups excluding carboxylic acids is 1. The second-order valence-corrected chi connectivity index (χ2v) is 9.09. The van der Waals surface area contributed by atoms with Gasteiger partial charge in [-0.3, -0.25) is 0 Å². The second kappa shape index (κ2) is 14.9. The number of benzene rings is 2. The Morgan fingerprint density at radius 3 is 1.92 bits per heavy atom. The third-order valence-electron chi connectivity index (χ3n) is 6.46. The molecule has 12 heteroatoms. The van der Waals surface area contributed by atoms with E-state index < -0.39 is 42.6 Å². The Morgan fingerprint density at radius 1 is 0.769 bits per heavy atom. The van der Waals surface area contributed by atoms with Crippen molar-refractivity contribution in [3.8, 4) is 11.1 Å². The number of rotatable bonds is 16. The Balaban J connectivity index is 1.24. The van der Waals surface area contributed by atoms with E-state index in [1.54, 1.807) is 0 Å². The first-order valence-corrected chi connectivity index (χ1v) is 12.6. The molecule has 2 aromatic carbocycles. The Morgan fingerprint density at radius 2 is 1.33 bits per heavy atom. The fourth-order valence-electron chi connectivity index (χ4n) is 4.33. The highest BCUT2D eigenvalue weighted by Crippen LogP contribution is 2.44. The summed E-state index contributed by atoms with van der Waals surface area (Å²) in [5.41, 5.74) is 4.55. The van der Waals surface area contributed by atoms with Crippen LogP contribution in [0.2, 0.25) is 0 Å². The Hall–Kier alpha value is -3.10. The van der Waals surface area contributed by atoms with Gasteiger partial charge in [0.05, 0.1) is 25.9 Å². The van der Waals surface area contributed by atoms with Gasteiger partial charge in [-0.25, -0.2) is 9.59 Å². The monoisotopic (exact) mass is 549 g/mol. The minimum atomic E-state index is -2.31. The molecule has 5 atom stereocenters. The van der Waals surface area contributed by atoms with Crippen LogP contribution in [0.3, 0.4) is 0 Å². The van der Waals surface area contributed by atoms with E-state index in [1.165, 1.54) is 0 Å². The number of aliphatic hydroxyl groups excluding tert-OH is 5. The summed E-state index contributed by atoms with van der Waals surface area (Å²) in [6, 6.07) is 16.1. The van der Waals surface area contributed by atoms with Crippen molar-refractivity contribution >= 4 is 12.1 Å². The first-order valence-electron chi connectivity index (χ1n) is 12.6. The van der Waals surface area contributed by atoms with Crippen LogP contribution in [0.1, 0.15) is 23.5 Å². The molecule has 3 rings (SSSR count). The fourth-order valence-corrected chi connectivity index (χ4v) is 4.33. The molecule has 0 saturated carbocycles. The number of hydrogen-bond acceptors (Lipinski definition) is 10. The second-order valence-electron chi connectivity index (χ2n) is 9.09. The van der Waals surface area contributed by atoms with Crippen LogP contribution in [0.4, 0.5) is 4.79 Å². The van der Waals surface area contributed by atoms with Gasteiger partial charge >= 0.3 is 12.1 Å². The van der Waals surface area contributed by atoms with Gasteiger partial charge in [-0.05, 0) is 28.7 Å². The summed E-state index contributed by atoms with van der Waals surface area (Å²) in [5, 5.41) is 59.5. The first-order chi connectivity index (χ1) is 18.7. The van der Waals surface area contributed by atoms with E-state index in [0.717, 1.165) is 22.3 Å². The lowest BCUT2D eigenvalue weighted by atomic mass is 9.98. The molecule has 0 radical (unpaired) electrons. The van der Waals surface area contributed by atoms with Gasteiger partial charge in [0.1, 0.15) is 24.9 Å². The Labute approximate surface area is 225 Å². The van der Waals surface area contributed by atoms with Gasteiger partial charge in [0.25, 0.3) is 0 Å². The van der Waals surface area contributed by atoms with Crippen LogP contribution < -0.4 is 5.32 Å². The number of fused-ring (bicyclic) bond motifs is 3. The maximum Gasteiger partial charge on any atom is 0.407 e. The van der Waals surface area contributed by atoms with E-state index in [1.807, 2.05) is 36.4 Å². The zero-order valence-electron chi connectivity index (χ0n) is 21.3. The summed E-state index contributed by atoms with van der Waals surface area (Å²) in [5.74, 6) is -1.80. The van der Waals surface area contributed by atoms with Crippen LogP contribution in [0.25, 0.3) is 11.1 Å². The summed E-state index contributed by atoms with van der Waals surface area (Å²) in [7, 11) is 0. The van der Waals surface area contributed by atoms with E-state index in [-0.39, 0.29) is 51.9 Å². The lowest BCUT2D eigenvalue weighted by Gasteiger charge is -2.27. The van der Waals surface area contributed by atoms with Gasteiger partial charge in [-0.15, -0.1) is 0 Å². The largest absolute Gasteiger partial charge is 0.479 e. The number of carboxylic acid groups (broad SMARTS) is 1. The molecule has 7 N–H and O–H groups in total. The summed E-state index contributed by atoms with van der Waals surface area (Å²) >= 11 is 0. The van der Waals surface area contributed by atoms with Crippen molar-refractivity contribution in [2.75, 3.05) is 39.6 Å². The Bertz CT molecular complexity index is 1040. The van der Waals surface area contributed by atoms with Gasteiger partial charge in [-0.2, -0.15) is 0 Å². The molecule has 0 spiro atoms. The van der Waals surface area contributed by atoms with Crippen molar-refractivity contribution in [2.45, 2.75) is 42.9 Å². The van der Waals surface area contributed by atoms with E-state index in [0.29, 0.717) is 0 Å². The zero-order chi connectivity index (χ0) is 28.4. The van der Waals surface area contributed by atoms with Crippen molar-refractivity contribution in [2.24, 2.45) is 0 Å². The quantitative estimate of drug-likeness (QED) is 0.137. The lowest BCUT2D eigenvalue weighted by molar-refractivity contribution is -0.168. The molecule has 214 valence electrons. The topological polar surface area (TPSA) is 195 Å². The number of aliphatic hydroxyl groups is 5. The number of carbonyl (C=O) groups is 2. The Kier molecular flexibility index (Phi) is 11.6. The predicted octanol–water partition coefficient (Wildman–Crippen LogP) is -0.162. The van der Waals surface area contributed by atoms with Crippen LogP contribution in [-0.4, -0.2) is 113 Å². The van der Waals surface area contributed by atoms with E-state index >= 15 is 0 Å². The lowest BCUT2D eigenvalue weighted by Crippen LogP contribution is -2.51. The zero-order valence-corrected chi connectivity index (χ0v) is 21.3. The van der Waals surface area contributed by atoms with Crippen molar-refractivity contribution in [1.82, 2.24) is 5.32 Å². The molecule has 1 aliphatic rings. The molecule has 0 saturated heterocycles. The first kappa shape index (κ1) is 30.4. The maximum atomic E-state index is 12.1. The predicted molar refractivity (Wildman–Crippen MR) is 137 cm³/mol. The van der Waals surface area contributed by atoms with Crippen molar-refractivity contribution in [3.05, 3.63) is 59.7 Å². The van der Waals surface area contributed by atoms with E-state index in [9.17, 15) is 35.1 Å². The summed E-state index contributed by atoms with van der Waals surface area (Å²) in [6.07, 6.45) is -10.7. The average Bonchev–Trinajstić information content (AvgIpc) is 3.26. The molecule has 0 bridgehead atoms. The molecule has 39 heavy (non-hydrogen) atoms. The van der Waals surface area contributed by atoms with Gasteiger partial charge in [0.15, 0.2) is 6.10 Å². The molecule has 1 amide bonds. The highest BCUT2D eigenvalue weighted by atomic mass is 16.6. The molecule has 0 aromatic heterocycles. The van der Waals surface area contributed by atoms with Crippen molar-refractivity contribution < 1.29 is 54.4 Å². The third-order valence-corrected chi connectivity index (χ3v) is 6.46. The van der Waals surface area contributed by atoms with Gasteiger partial charge < -0.3 is 50.2 Å². The summed E-state index contributed by atoms with van der Waals surface area (Å²) in [6.45, 7) is 0.970. The van der Waals surface area contributed by atoms with E-state index in [4.69, 9.17) is 19.3 Å². The molecular weight excluding hydrogens is 514 g/mol. The molecule has 2 aromatic rings. The van der Waals surface area contributed by atoms with E-state index in [2.05, 4.69) is 17.4 Å². The number of amides is 1. The molecular formula is C27H35NO11. The van der Waals surface area contributed by atoms with Crippen LogP contribution in [0, 0.1) is 0 Å². The maximum absolute atomic E-state index is 12.1. The molecule has 1 aliphatic carbocycles. The highest BCUT2D eigenvalue weighted by Gasteiger charge is 2.37. The average molecular weight is 550 g/mol. The number of carboxylic acids is 1.